The number of nitrogens with zero attached hydrogens (tertiary/aromatic N) is 2. The Labute approximate surface area is 174 Å². The first-order valence-electron chi connectivity index (χ1n) is 9.75. The first-order chi connectivity index (χ1) is 14.6. The smallest absolute Gasteiger partial charge is 0.254 e. The van der Waals surface area contributed by atoms with Crippen LogP contribution in [0, 0.1) is 0 Å². The van der Waals surface area contributed by atoms with Gasteiger partial charge in [-0.15, -0.1) is 0 Å². The molecule has 1 aliphatic heterocycles. The molecule has 3 N–H and O–H groups in total. The molecule has 1 amide bonds. The first-order valence-corrected chi connectivity index (χ1v) is 9.75. The van der Waals surface area contributed by atoms with Gasteiger partial charge in [0.25, 0.3) is 5.91 Å². The summed E-state index contributed by atoms with van der Waals surface area (Å²) in [6.45, 7) is 3.85. The van der Waals surface area contributed by atoms with Gasteiger partial charge in [0.1, 0.15) is 17.1 Å². The Morgan fingerprint density at radius 3 is 2.77 bits per heavy atom. The highest BCUT2D eigenvalue weighted by molar-refractivity contribution is 5.95. The number of rotatable bonds is 6. The van der Waals surface area contributed by atoms with Crippen molar-refractivity contribution in [3.8, 4) is 28.5 Å². The largest absolute Gasteiger partial charge is 0.508 e. The molecule has 7 heteroatoms. The molecule has 2 heterocycles. The van der Waals surface area contributed by atoms with E-state index in [0.29, 0.717) is 25.5 Å². The molecule has 1 aliphatic rings. The first kappa shape index (κ1) is 19.9. The van der Waals surface area contributed by atoms with E-state index in [4.69, 9.17) is 15.2 Å². The number of hydrogen-bond acceptors (Lipinski definition) is 6. The summed E-state index contributed by atoms with van der Waals surface area (Å²) in [5.41, 5.74) is 8.60. The van der Waals surface area contributed by atoms with Gasteiger partial charge in [0, 0.05) is 25.8 Å². The lowest BCUT2D eigenvalue weighted by molar-refractivity contribution is 0.0342. The normalized spacial score (nSPS) is 14.4. The number of benzene rings is 2. The standard InChI is InChI=1S/C23H23N3O4/c24-22(28)21-5-2-8-25-23(21)30-19-4-1-3-16(14-19)20-7-6-18(27)13-17(20)15-26-9-11-29-12-10-26/h1-8,13-14,27H,9-12,15H2,(H2,24,28). The minimum atomic E-state index is -0.597. The Hall–Kier alpha value is -3.42. The van der Waals surface area contributed by atoms with Crippen molar-refractivity contribution in [2.45, 2.75) is 6.54 Å². The molecule has 154 valence electrons. The molecule has 0 aliphatic carbocycles. The fraction of sp³-hybridized carbons (Fsp3) is 0.217. The number of aromatic hydroxyl groups is 1. The fourth-order valence-electron chi connectivity index (χ4n) is 3.49. The van der Waals surface area contributed by atoms with Crippen molar-refractivity contribution in [2.75, 3.05) is 26.3 Å². The Balaban J connectivity index is 1.63. The summed E-state index contributed by atoms with van der Waals surface area (Å²) in [4.78, 5) is 18.1. The molecule has 0 atom stereocenters. The minimum Gasteiger partial charge on any atom is -0.508 e. The zero-order chi connectivity index (χ0) is 20.9. The van der Waals surface area contributed by atoms with Crippen LogP contribution in [0.5, 0.6) is 17.4 Å². The number of aromatic nitrogens is 1. The van der Waals surface area contributed by atoms with E-state index >= 15 is 0 Å². The molecule has 2 aromatic carbocycles. The van der Waals surface area contributed by atoms with Crippen molar-refractivity contribution < 1.29 is 19.4 Å². The van der Waals surface area contributed by atoms with Crippen molar-refractivity contribution >= 4 is 5.91 Å². The van der Waals surface area contributed by atoms with E-state index in [9.17, 15) is 9.90 Å². The van der Waals surface area contributed by atoms with Crippen molar-refractivity contribution in [1.29, 1.82) is 0 Å². The minimum absolute atomic E-state index is 0.168. The molecule has 3 aromatic rings. The summed E-state index contributed by atoms with van der Waals surface area (Å²) in [7, 11) is 0. The number of ether oxygens (including phenoxy) is 2. The summed E-state index contributed by atoms with van der Waals surface area (Å²) in [5.74, 6) is 0.343. The zero-order valence-corrected chi connectivity index (χ0v) is 16.5. The van der Waals surface area contributed by atoms with Crippen LogP contribution in [0.25, 0.3) is 11.1 Å². The van der Waals surface area contributed by atoms with Crippen molar-refractivity contribution in [1.82, 2.24) is 9.88 Å². The molecule has 0 bridgehead atoms. The van der Waals surface area contributed by atoms with Gasteiger partial charge in [-0.3, -0.25) is 9.69 Å². The molecule has 1 aromatic heterocycles. The number of amides is 1. The highest BCUT2D eigenvalue weighted by Crippen LogP contribution is 2.32. The fourth-order valence-corrected chi connectivity index (χ4v) is 3.49. The molecule has 30 heavy (non-hydrogen) atoms. The average Bonchev–Trinajstić information content (AvgIpc) is 2.75. The third-order valence-electron chi connectivity index (χ3n) is 4.98. The zero-order valence-electron chi connectivity index (χ0n) is 16.5. The van der Waals surface area contributed by atoms with Crippen molar-refractivity contribution in [3.05, 3.63) is 71.9 Å². The molecule has 4 rings (SSSR count). The molecule has 0 spiro atoms. The number of pyridine rings is 1. The maximum atomic E-state index is 11.6. The van der Waals surface area contributed by atoms with E-state index in [1.54, 1.807) is 36.5 Å². The van der Waals surface area contributed by atoms with Crippen molar-refractivity contribution in [3.63, 3.8) is 0 Å². The molecule has 7 nitrogen and oxygen atoms in total. The van der Waals surface area contributed by atoms with Crippen LogP contribution in [-0.4, -0.2) is 47.2 Å². The Kier molecular flexibility index (Phi) is 5.92. The van der Waals surface area contributed by atoms with Gasteiger partial charge in [0.2, 0.25) is 5.88 Å². The van der Waals surface area contributed by atoms with Gasteiger partial charge in [-0.2, -0.15) is 0 Å². The molecule has 1 fully saturated rings. The lowest BCUT2D eigenvalue weighted by Crippen LogP contribution is -2.35. The third kappa shape index (κ3) is 4.59. The van der Waals surface area contributed by atoms with E-state index in [1.165, 1.54) is 0 Å². The highest BCUT2D eigenvalue weighted by Gasteiger charge is 2.16. The Morgan fingerprint density at radius 1 is 1.13 bits per heavy atom. The summed E-state index contributed by atoms with van der Waals surface area (Å²) in [5, 5.41) is 10.0. The lowest BCUT2D eigenvalue weighted by atomic mass is 9.98. The number of morpholine rings is 1. The summed E-state index contributed by atoms with van der Waals surface area (Å²) in [6.07, 6.45) is 1.55. The maximum absolute atomic E-state index is 11.6. The topological polar surface area (TPSA) is 97.9 Å². The van der Waals surface area contributed by atoms with Crippen LogP contribution in [0.3, 0.4) is 0 Å². The van der Waals surface area contributed by atoms with Crippen LogP contribution in [0.1, 0.15) is 15.9 Å². The number of phenolic OH excluding ortho intramolecular Hbond substituents is 1. The van der Waals surface area contributed by atoms with Gasteiger partial charge < -0.3 is 20.3 Å². The maximum Gasteiger partial charge on any atom is 0.254 e. The van der Waals surface area contributed by atoms with Gasteiger partial charge in [-0.05, 0) is 53.1 Å². The van der Waals surface area contributed by atoms with Gasteiger partial charge >= 0.3 is 0 Å². The summed E-state index contributed by atoms with van der Waals surface area (Å²) < 4.78 is 11.3. The van der Waals surface area contributed by atoms with E-state index in [1.807, 2.05) is 24.3 Å². The van der Waals surface area contributed by atoms with Crippen LogP contribution in [0.15, 0.2) is 60.8 Å². The molecular weight excluding hydrogens is 382 g/mol. The third-order valence-corrected chi connectivity index (χ3v) is 4.98. The molecule has 0 unspecified atom stereocenters. The summed E-state index contributed by atoms with van der Waals surface area (Å²) in [6, 6.07) is 16.1. The van der Waals surface area contributed by atoms with Crippen molar-refractivity contribution in [2.24, 2.45) is 5.73 Å². The average molecular weight is 405 g/mol. The van der Waals surface area contributed by atoms with Crippen LogP contribution < -0.4 is 10.5 Å². The van der Waals surface area contributed by atoms with Crippen LogP contribution >= 0.6 is 0 Å². The van der Waals surface area contributed by atoms with E-state index in [-0.39, 0.29) is 17.2 Å². The predicted octanol–water partition coefficient (Wildman–Crippen LogP) is 3.18. The lowest BCUT2D eigenvalue weighted by Gasteiger charge is -2.27. The van der Waals surface area contributed by atoms with Crippen LogP contribution in [0.4, 0.5) is 0 Å². The highest BCUT2D eigenvalue weighted by atomic mass is 16.5. The number of carbonyl (C=O) groups excluding carboxylic acids is 1. The monoisotopic (exact) mass is 405 g/mol. The SMILES string of the molecule is NC(=O)c1cccnc1Oc1cccc(-c2ccc(O)cc2CN2CCOCC2)c1. The van der Waals surface area contributed by atoms with Crippen LogP contribution in [0.2, 0.25) is 0 Å². The molecule has 1 saturated heterocycles. The molecular formula is C23H23N3O4. The second kappa shape index (κ2) is 8.94. The van der Waals surface area contributed by atoms with Gasteiger partial charge in [-0.1, -0.05) is 18.2 Å². The number of primary amides is 1. The quantitative estimate of drug-likeness (QED) is 0.654. The molecule has 0 radical (unpaired) electrons. The van der Waals surface area contributed by atoms with Crippen LogP contribution in [-0.2, 0) is 11.3 Å². The predicted molar refractivity (Wildman–Crippen MR) is 112 cm³/mol. The Bertz CT molecular complexity index is 1050. The number of hydrogen-bond donors (Lipinski definition) is 2. The second-order valence-electron chi connectivity index (χ2n) is 7.08. The van der Waals surface area contributed by atoms with E-state index in [2.05, 4.69) is 9.88 Å². The van der Waals surface area contributed by atoms with E-state index < -0.39 is 5.91 Å². The number of nitrogens with two attached hydrogens (primary N) is 1. The van der Waals surface area contributed by atoms with Gasteiger partial charge in [0.05, 0.1) is 13.2 Å². The van der Waals surface area contributed by atoms with Gasteiger partial charge in [0.15, 0.2) is 0 Å². The Morgan fingerprint density at radius 2 is 1.97 bits per heavy atom. The number of phenols is 1. The summed E-state index contributed by atoms with van der Waals surface area (Å²) >= 11 is 0. The van der Waals surface area contributed by atoms with Gasteiger partial charge in [-0.25, -0.2) is 4.98 Å². The molecule has 0 saturated carbocycles. The number of carbonyl (C=O) groups is 1. The second-order valence-corrected chi connectivity index (χ2v) is 7.08. The van der Waals surface area contributed by atoms with E-state index in [0.717, 1.165) is 29.8 Å².